The van der Waals surface area contributed by atoms with Gasteiger partial charge < -0.3 is 75.1 Å². The molecule has 17 atom stereocenters. The number of ether oxygens (including phenoxy) is 5. The lowest BCUT2D eigenvalue weighted by Gasteiger charge is -2.58. The lowest BCUT2D eigenvalue weighted by Crippen LogP contribution is -2.88. The van der Waals surface area contributed by atoms with Crippen LogP contribution in [0.3, 0.4) is 0 Å². The van der Waals surface area contributed by atoms with Crippen LogP contribution in [0.15, 0.2) is 0 Å². The summed E-state index contributed by atoms with van der Waals surface area (Å²) in [5.74, 6) is -22.1. The second-order valence-electron chi connectivity index (χ2n) is 10.5. The molecule has 0 radical (unpaired) electrons. The fourth-order valence-corrected chi connectivity index (χ4v) is 8.89. The van der Waals surface area contributed by atoms with E-state index in [-0.39, 0.29) is 0 Å². The molecule has 0 aromatic rings. The maximum Gasteiger partial charge on any atom is 0.509 e. The molecule has 7 saturated heterocycles. The van der Waals surface area contributed by atoms with Crippen LogP contribution in [-0.4, -0.2) is 160 Å². The highest BCUT2D eigenvalue weighted by Crippen LogP contribution is 2.84. The second kappa shape index (κ2) is 9.36. The van der Waals surface area contributed by atoms with E-state index < -0.39 is 119 Å². The Bertz CT molecular complexity index is 1320. The van der Waals surface area contributed by atoms with Crippen molar-refractivity contribution < 1.29 is 121 Å². The van der Waals surface area contributed by atoms with Gasteiger partial charge in [0.15, 0.2) is 24.8 Å². The minimum atomic E-state index is -5.69. The van der Waals surface area contributed by atoms with Gasteiger partial charge in [0.05, 0.1) is 6.61 Å². The number of fused-ring (bicyclic) bond motifs is 4. The van der Waals surface area contributed by atoms with Gasteiger partial charge in [-0.25, -0.2) is 36.6 Å². The molecule has 27 heteroatoms. The minimum absolute atomic E-state index is 1.06. The molecular weight excluding hydrogens is 666 g/mol. The first-order chi connectivity index (χ1) is 20.3. The Morgan fingerprint density at radius 2 is 1.45 bits per heavy atom. The third kappa shape index (κ3) is 3.72. The van der Waals surface area contributed by atoms with Gasteiger partial charge >= 0.3 is 45.0 Å². The average Bonchev–Trinajstić information content (AvgIpc) is 3.42. The molecule has 11 N–H and O–H groups in total. The minimum Gasteiger partial charge on any atom is -0.394 e. The maximum atomic E-state index is 13.4. The fraction of sp³-hybridized carbons (Fsp3) is 1.00. The van der Waals surface area contributed by atoms with Gasteiger partial charge in [-0.2, -0.15) is 0 Å². The molecule has 0 aromatic carbocycles. The van der Waals surface area contributed by atoms with Gasteiger partial charge in [-0.15, -0.1) is 4.67 Å². The number of phosphoric acid groups is 2. The molecule has 44 heavy (non-hydrogen) atoms. The summed E-state index contributed by atoms with van der Waals surface area (Å²) in [7, 11) is -10.9. The fourth-order valence-electron chi connectivity index (χ4n) is 5.69. The van der Waals surface area contributed by atoms with E-state index in [1.807, 2.05) is 0 Å². The van der Waals surface area contributed by atoms with Gasteiger partial charge in [-0.1, -0.05) is 0 Å². The first-order valence-corrected chi connectivity index (χ1v) is 15.2. The summed E-state index contributed by atoms with van der Waals surface area (Å²) < 4.78 is 81.1. The number of aliphatic hydroxyl groups excluding tert-OH is 7. The smallest absolute Gasteiger partial charge is 0.394 e. The van der Waals surface area contributed by atoms with Crippen LogP contribution in [0.5, 0.6) is 0 Å². The summed E-state index contributed by atoms with van der Waals surface area (Å²) in [6, 6.07) is 0. The Balaban J connectivity index is 1.31. The van der Waals surface area contributed by atoms with Crippen LogP contribution in [0.2, 0.25) is 0 Å². The molecule has 6 bridgehead atoms. The molecule has 0 aliphatic carbocycles. The summed E-state index contributed by atoms with van der Waals surface area (Å²) >= 11 is 0. The third-order valence-corrected chi connectivity index (χ3v) is 10.5. The van der Waals surface area contributed by atoms with Crippen LogP contribution in [0, 0.1) is 0 Å². The Labute approximate surface area is 241 Å². The first-order valence-electron chi connectivity index (χ1n) is 12.3. The van der Waals surface area contributed by atoms with E-state index in [1.165, 1.54) is 0 Å². The van der Waals surface area contributed by atoms with E-state index in [1.54, 1.807) is 0 Å². The molecule has 0 saturated carbocycles. The Kier molecular flexibility index (Phi) is 6.83. The van der Waals surface area contributed by atoms with Gasteiger partial charge in [-0.05, 0) is 0 Å². The zero-order valence-corrected chi connectivity index (χ0v) is 22.9. The Hall–Kier alpha value is -0.460. The monoisotopic (exact) mass is 690 g/mol. The van der Waals surface area contributed by atoms with Crippen LogP contribution < -0.4 is 0 Å². The highest BCUT2D eigenvalue weighted by atomic mass is 31.2. The summed E-state index contributed by atoms with van der Waals surface area (Å²) in [5.41, 5.74) is 0. The van der Waals surface area contributed by atoms with E-state index in [0.29, 0.717) is 0 Å². The SMILES string of the molecule is O=P12OO[C@H]3[C@@H](O)[C@H](O[C@H](O)[C@H]3OC3(O)OC(CO)C(O)C(O)C3O)O[C@@]34OP5(=O)O[C@@]3(CO)O[C@@](O)(O1)[C@](O)(O2)[C@]4(O)O5. The van der Waals surface area contributed by atoms with Crippen molar-refractivity contribution in [2.75, 3.05) is 13.2 Å². The van der Waals surface area contributed by atoms with Crippen molar-refractivity contribution in [1.82, 2.24) is 0 Å². The lowest BCUT2D eigenvalue weighted by molar-refractivity contribution is -0.608. The van der Waals surface area contributed by atoms with E-state index in [9.17, 15) is 65.3 Å². The van der Waals surface area contributed by atoms with Crippen molar-refractivity contribution in [2.45, 2.75) is 90.4 Å². The Morgan fingerprint density at radius 1 is 0.773 bits per heavy atom. The molecule has 252 valence electrons. The van der Waals surface area contributed by atoms with Crippen molar-refractivity contribution in [1.29, 1.82) is 0 Å². The Morgan fingerprint density at radius 3 is 2.11 bits per heavy atom. The first kappa shape index (κ1) is 32.1. The van der Waals surface area contributed by atoms with Crippen molar-refractivity contribution >= 4 is 15.6 Å². The predicted molar refractivity (Wildman–Crippen MR) is 113 cm³/mol. The highest BCUT2D eigenvalue weighted by Gasteiger charge is 3.01. The summed E-state index contributed by atoms with van der Waals surface area (Å²) in [5, 5.41) is 117. The normalized spacial score (nSPS) is 64.7. The zero-order valence-electron chi connectivity index (χ0n) is 21.1. The number of hydrogen-bond acceptors (Lipinski definition) is 25. The quantitative estimate of drug-likeness (QED) is 0.0741. The maximum absolute atomic E-state index is 13.4. The van der Waals surface area contributed by atoms with E-state index in [2.05, 4.69) is 9.20 Å². The van der Waals surface area contributed by atoms with Crippen LogP contribution in [-0.2, 0) is 65.0 Å². The van der Waals surface area contributed by atoms with Crippen LogP contribution in [0.4, 0.5) is 0 Å². The van der Waals surface area contributed by atoms with Gasteiger partial charge in [0.2, 0.25) is 0 Å². The van der Waals surface area contributed by atoms with Crippen molar-refractivity contribution in [3.63, 3.8) is 0 Å². The number of aliphatic hydroxyl groups is 11. The standard InChI is InChI=1S/C17H24O25P2/c18-1-3-4(20)5(21)9(23)13(25,32-3)33-8-7-6(22)11(31-10(8)24)34-16-12(2-19)36-17(28)15(27,39-44(30,41-17)42-35-7)14(16,26)38-43(29,37-12)40-16/h3-11,18-28H,1-2H2/t3?,4?,5?,6-,7+,8+,9?,10+,11-,12-,13?,14+,15-,16-,17-,43?,44?/m1/s1. The van der Waals surface area contributed by atoms with Crippen LogP contribution in [0.25, 0.3) is 0 Å². The second-order valence-corrected chi connectivity index (χ2v) is 13.3. The topological polar surface area (TPSA) is 367 Å². The van der Waals surface area contributed by atoms with Crippen molar-refractivity contribution in [3.8, 4) is 0 Å². The van der Waals surface area contributed by atoms with Gasteiger partial charge in [0, 0.05) is 0 Å². The molecule has 25 nitrogen and oxygen atoms in total. The molecular formula is C17H24O25P2. The summed E-state index contributed by atoms with van der Waals surface area (Å²) in [6.07, 6.45) is -20.9. The molecule has 0 amide bonds. The summed E-state index contributed by atoms with van der Waals surface area (Å²) in [6.45, 7) is -2.66. The number of rotatable bonds is 4. The largest absolute Gasteiger partial charge is 0.509 e. The van der Waals surface area contributed by atoms with Crippen LogP contribution in [0.1, 0.15) is 0 Å². The molecule has 7 fully saturated rings. The molecule has 7 aliphatic heterocycles. The van der Waals surface area contributed by atoms with E-state index in [0.717, 1.165) is 0 Å². The third-order valence-electron chi connectivity index (χ3n) is 7.82. The van der Waals surface area contributed by atoms with Crippen LogP contribution >= 0.6 is 15.6 Å². The van der Waals surface area contributed by atoms with Crippen molar-refractivity contribution in [2.24, 2.45) is 0 Å². The van der Waals surface area contributed by atoms with Crippen molar-refractivity contribution in [3.05, 3.63) is 0 Å². The molecule has 7 rings (SSSR count). The molecule has 7 aliphatic rings. The molecule has 7 heterocycles. The molecule has 1 spiro atoms. The molecule has 0 aromatic heterocycles. The number of phosphoric ester groups is 2. The van der Waals surface area contributed by atoms with E-state index >= 15 is 0 Å². The lowest BCUT2D eigenvalue weighted by atomic mass is 9.84. The average molecular weight is 690 g/mol. The highest BCUT2D eigenvalue weighted by molar-refractivity contribution is 7.49. The van der Waals surface area contributed by atoms with Gasteiger partial charge in [0.25, 0.3) is 5.79 Å². The van der Waals surface area contributed by atoms with Gasteiger partial charge in [-0.3, -0.25) is 4.74 Å². The predicted octanol–water partition coefficient (Wildman–Crippen LogP) is -7.35. The van der Waals surface area contributed by atoms with E-state index in [4.69, 9.17) is 46.7 Å². The summed E-state index contributed by atoms with van der Waals surface area (Å²) in [4.78, 5) is 4.86. The molecule has 7 unspecified atom stereocenters. The number of hydrogen-bond donors (Lipinski definition) is 11. The zero-order chi connectivity index (χ0) is 32.1. The van der Waals surface area contributed by atoms with Gasteiger partial charge in [0.1, 0.15) is 37.1 Å².